The summed E-state index contributed by atoms with van der Waals surface area (Å²) in [6.45, 7) is 3.65. The second-order valence-corrected chi connectivity index (χ2v) is 8.03. The van der Waals surface area contributed by atoms with Crippen LogP contribution in [0.3, 0.4) is 0 Å². The van der Waals surface area contributed by atoms with Gasteiger partial charge in [0.15, 0.2) is 11.5 Å². The maximum Gasteiger partial charge on any atom is 0.220 e. The van der Waals surface area contributed by atoms with Crippen molar-refractivity contribution in [1.82, 2.24) is 5.32 Å². The molecule has 3 N–H and O–H groups in total. The van der Waals surface area contributed by atoms with Gasteiger partial charge in [-0.1, -0.05) is 63.7 Å². The molecule has 0 saturated carbocycles. The number of nitrogens with two attached hydrogens (primary N) is 1. The summed E-state index contributed by atoms with van der Waals surface area (Å²) in [5, 5.41) is 2.99. The summed E-state index contributed by atoms with van der Waals surface area (Å²) in [7, 11) is 1.61. The molecular formula is C26H44N2O3. The second-order valence-electron chi connectivity index (χ2n) is 8.03. The molecule has 0 bridgehead atoms. The molecule has 1 rings (SSSR count). The van der Waals surface area contributed by atoms with Crippen LogP contribution in [0.4, 0.5) is 0 Å². The fraction of sp³-hybridized carbons (Fsp3) is 0.654. The van der Waals surface area contributed by atoms with Gasteiger partial charge in [-0.2, -0.15) is 0 Å². The molecule has 0 heterocycles. The molecule has 0 aliphatic heterocycles. The van der Waals surface area contributed by atoms with Crippen LogP contribution in [0.15, 0.2) is 30.4 Å². The Bertz CT molecular complexity index is 617. The molecule has 0 spiro atoms. The topological polar surface area (TPSA) is 73.6 Å². The number of ether oxygens (including phenoxy) is 2. The first-order chi connectivity index (χ1) is 15.2. The molecule has 0 aromatic heterocycles. The average molecular weight is 433 g/mol. The van der Waals surface area contributed by atoms with E-state index in [9.17, 15) is 4.79 Å². The van der Waals surface area contributed by atoms with Gasteiger partial charge in [-0.25, -0.2) is 0 Å². The van der Waals surface area contributed by atoms with E-state index in [4.69, 9.17) is 15.2 Å². The van der Waals surface area contributed by atoms with Crippen molar-refractivity contribution >= 4 is 5.91 Å². The van der Waals surface area contributed by atoms with Crippen LogP contribution in [0.5, 0.6) is 11.5 Å². The van der Waals surface area contributed by atoms with Gasteiger partial charge >= 0.3 is 0 Å². The number of benzene rings is 1. The van der Waals surface area contributed by atoms with E-state index in [0.29, 0.717) is 37.6 Å². The Hall–Kier alpha value is -2.01. The van der Waals surface area contributed by atoms with Crippen molar-refractivity contribution in [2.45, 2.75) is 90.5 Å². The summed E-state index contributed by atoms with van der Waals surface area (Å²) >= 11 is 0. The monoisotopic (exact) mass is 432 g/mol. The van der Waals surface area contributed by atoms with Crippen molar-refractivity contribution < 1.29 is 14.3 Å². The van der Waals surface area contributed by atoms with E-state index in [2.05, 4.69) is 24.4 Å². The molecule has 1 amide bonds. The molecular weight excluding hydrogens is 388 g/mol. The molecule has 1 aromatic carbocycles. The standard InChI is InChI=1S/C26H44N2O3/c1-3-4-5-6-7-8-9-10-11-12-13-14-15-16-26(29)28-22-23-17-18-24(31-20-19-27)25(21-23)30-2/h8-9,17-18,21H,3-7,10-16,19-20,22,27H2,1-2H3,(H,28,29)/b9-8-. The fourth-order valence-electron chi connectivity index (χ4n) is 3.40. The molecule has 0 radical (unpaired) electrons. The van der Waals surface area contributed by atoms with E-state index < -0.39 is 0 Å². The smallest absolute Gasteiger partial charge is 0.220 e. The highest BCUT2D eigenvalue weighted by Gasteiger charge is 2.07. The maximum atomic E-state index is 12.1. The largest absolute Gasteiger partial charge is 0.493 e. The maximum absolute atomic E-state index is 12.1. The van der Waals surface area contributed by atoms with Crippen molar-refractivity contribution in [3.05, 3.63) is 35.9 Å². The summed E-state index contributed by atoms with van der Waals surface area (Å²) in [6.07, 6.45) is 18.8. The van der Waals surface area contributed by atoms with E-state index >= 15 is 0 Å². The molecule has 0 saturated heterocycles. The van der Waals surface area contributed by atoms with Gasteiger partial charge in [0.05, 0.1) is 7.11 Å². The van der Waals surface area contributed by atoms with E-state index in [1.54, 1.807) is 7.11 Å². The number of amides is 1. The zero-order chi connectivity index (χ0) is 22.6. The molecule has 5 nitrogen and oxygen atoms in total. The zero-order valence-corrected chi connectivity index (χ0v) is 19.8. The molecule has 1 aromatic rings. The van der Waals surface area contributed by atoms with Crippen molar-refractivity contribution in [1.29, 1.82) is 0 Å². The first-order valence-electron chi connectivity index (χ1n) is 12.1. The Kier molecular flexibility index (Phi) is 16.3. The summed E-state index contributed by atoms with van der Waals surface area (Å²) < 4.78 is 10.9. The normalized spacial score (nSPS) is 11.1. The number of unbranched alkanes of at least 4 members (excludes halogenated alkanes) is 9. The number of carbonyl (C=O) groups is 1. The van der Waals surface area contributed by atoms with Crippen LogP contribution >= 0.6 is 0 Å². The van der Waals surface area contributed by atoms with Gasteiger partial charge in [0, 0.05) is 19.5 Å². The summed E-state index contributed by atoms with van der Waals surface area (Å²) in [6, 6.07) is 5.69. The Morgan fingerprint density at radius 1 is 0.968 bits per heavy atom. The van der Waals surface area contributed by atoms with E-state index in [1.807, 2.05) is 18.2 Å². The van der Waals surface area contributed by atoms with Crippen molar-refractivity contribution in [3.63, 3.8) is 0 Å². The Labute approximate surface area is 189 Å². The molecule has 31 heavy (non-hydrogen) atoms. The third kappa shape index (κ3) is 13.8. The lowest BCUT2D eigenvalue weighted by molar-refractivity contribution is -0.121. The summed E-state index contributed by atoms with van der Waals surface area (Å²) in [5.74, 6) is 1.44. The van der Waals surface area contributed by atoms with Crippen LogP contribution in [0.2, 0.25) is 0 Å². The molecule has 0 aliphatic carbocycles. The third-order valence-electron chi connectivity index (χ3n) is 5.26. The number of nitrogens with one attached hydrogen (secondary N) is 1. The SMILES string of the molecule is CCCCCC/C=C\CCCCCCCC(=O)NCc1ccc(OCCN)c(OC)c1. The summed E-state index contributed by atoms with van der Waals surface area (Å²) in [4.78, 5) is 12.1. The quantitative estimate of drug-likeness (QED) is 0.211. The Morgan fingerprint density at radius 3 is 2.32 bits per heavy atom. The van der Waals surface area contributed by atoms with Gasteiger partial charge in [0.1, 0.15) is 6.61 Å². The molecule has 176 valence electrons. The third-order valence-corrected chi connectivity index (χ3v) is 5.26. The predicted octanol–water partition coefficient (Wildman–Crippen LogP) is 5.91. The van der Waals surface area contributed by atoms with Gasteiger partial charge in [0.2, 0.25) is 5.91 Å². The van der Waals surface area contributed by atoms with Gasteiger partial charge in [-0.05, 0) is 49.8 Å². The van der Waals surface area contributed by atoms with Crippen LogP contribution in [-0.2, 0) is 11.3 Å². The summed E-state index contributed by atoms with van der Waals surface area (Å²) in [5.41, 5.74) is 6.46. The van der Waals surface area contributed by atoms with E-state index in [1.165, 1.54) is 57.8 Å². The van der Waals surface area contributed by atoms with E-state index in [-0.39, 0.29) is 5.91 Å². The fourth-order valence-corrected chi connectivity index (χ4v) is 3.40. The molecule has 0 unspecified atom stereocenters. The highest BCUT2D eigenvalue weighted by atomic mass is 16.5. The van der Waals surface area contributed by atoms with Gasteiger partial charge < -0.3 is 20.5 Å². The average Bonchev–Trinajstić information content (AvgIpc) is 2.79. The Morgan fingerprint density at radius 2 is 1.65 bits per heavy atom. The zero-order valence-electron chi connectivity index (χ0n) is 19.8. The van der Waals surface area contributed by atoms with Gasteiger partial charge in [-0.3, -0.25) is 4.79 Å². The number of allylic oxidation sites excluding steroid dienone is 2. The first-order valence-corrected chi connectivity index (χ1v) is 12.1. The lowest BCUT2D eigenvalue weighted by Crippen LogP contribution is -2.22. The number of rotatable bonds is 19. The molecule has 0 fully saturated rings. The van der Waals surface area contributed by atoms with Crippen LogP contribution in [-0.4, -0.2) is 26.2 Å². The minimum atomic E-state index is 0.105. The van der Waals surface area contributed by atoms with Crippen LogP contribution < -0.4 is 20.5 Å². The number of carbonyl (C=O) groups excluding carboxylic acids is 1. The Balaban J connectivity index is 2.06. The molecule has 5 heteroatoms. The van der Waals surface area contributed by atoms with Crippen molar-refractivity contribution in [2.24, 2.45) is 5.73 Å². The van der Waals surface area contributed by atoms with E-state index in [0.717, 1.165) is 18.4 Å². The van der Waals surface area contributed by atoms with Crippen molar-refractivity contribution in [2.75, 3.05) is 20.3 Å². The highest BCUT2D eigenvalue weighted by Crippen LogP contribution is 2.27. The minimum absolute atomic E-state index is 0.105. The van der Waals surface area contributed by atoms with Crippen LogP contribution in [0.1, 0.15) is 89.5 Å². The molecule has 0 atom stereocenters. The lowest BCUT2D eigenvalue weighted by Gasteiger charge is -2.12. The lowest BCUT2D eigenvalue weighted by atomic mass is 10.1. The van der Waals surface area contributed by atoms with Gasteiger partial charge in [-0.15, -0.1) is 0 Å². The predicted molar refractivity (Wildman–Crippen MR) is 130 cm³/mol. The van der Waals surface area contributed by atoms with Gasteiger partial charge in [0.25, 0.3) is 0 Å². The number of methoxy groups -OCH3 is 1. The second kappa shape index (κ2) is 18.7. The minimum Gasteiger partial charge on any atom is -0.493 e. The van der Waals surface area contributed by atoms with Crippen LogP contribution in [0.25, 0.3) is 0 Å². The van der Waals surface area contributed by atoms with Crippen LogP contribution in [0, 0.1) is 0 Å². The highest BCUT2D eigenvalue weighted by molar-refractivity contribution is 5.75. The molecule has 0 aliphatic rings. The number of hydrogen-bond donors (Lipinski definition) is 2. The first kappa shape index (κ1) is 27.0. The van der Waals surface area contributed by atoms with Crippen molar-refractivity contribution in [3.8, 4) is 11.5 Å². The number of hydrogen-bond acceptors (Lipinski definition) is 4.